The first-order chi connectivity index (χ1) is 39.4. The summed E-state index contributed by atoms with van der Waals surface area (Å²) in [6.07, 6.45) is -71.6. The normalized spacial score (nSPS) is 52.0. The number of aliphatic hydroxyl groups excluding tert-OH is 19. The van der Waals surface area contributed by atoms with Crippen molar-refractivity contribution in [1.29, 1.82) is 0 Å². The largest absolute Gasteiger partial charge is 0.463 e. The molecule has 0 spiro atoms. The Labute approximate surface area is 468 Å². The van der Waals surface area contributed by atoms with Crippen molar-refractivity contribution in [3.63, 3.8) is 0 Å². The number of hydrogen-bond donors (Lipinski definition) is 19. The van der Waals surface area contributed by atoms with Gasteiger partial charge < -0.3 is 173 Å². The lowest BCUT2D eigenvalue weighted by Gasteiger charge is -2.50. The van der Waals surface area contributed by atoms with E-state index in [0.717, 1.165) is 13.8 Å². The lowest BCUT2D eigenvalue weighted by molar-refractivity contribution is -0.396. The molecule has 37 nitrogen and oxygen atoms in total. The average molecular weight is 1220 g/mol. The van der Waals surface area contributed by atoms with Gasteiger partial charge in [0.2, 0.25) is 0 Å². The maximum Gasteiger partial charge on any atom is 0.302 e. The van der Waals surface area contributed by atoms with Gasteiger partial charge in [-0.25, -0.2) is 0 Å². The van der Waals surface area contributed by atoms with Gasteiger partial charge in [0.05, 0.1) is 33.0 Å². The summed E-state index contributed by atoms with van der Waals surface area (Å²) < 4.78 is 90.8. The van der Waals surface area contributed by atoms with E-state index in [1.807, 2.05) is 0 Å². The standard InChI is InChI=1S/C46H74O37/c1-10(52)68-8-17-38-25(60)32(67)46(76-17)83-39-18(9-69-11(2)53)75-45(31(66)24(39)59)81-37-16(7-51)73-43(29(64)22(37)57)79-35-14(5-49)71-41(27(62)20(35)55)77-33-12(3-47)70-40(26(61)19(33)54)78-34-13(4-48)72-42(28(63)21(34)56)80-36-15(6-50)74-44(82-38)30(65)23(36)58/h12-51,54-67H,3-9H2,1-2H3/t12-,13-,14-,15-,16-,17-,18-,19-,20-,21-,22-,23-,24-,25-,26-,27-,28-,29-,30-,31-,32-,33-,34-,35-,36-,37-,38-,39-,40?,41?,42?,43?,44?,45?,46?/m1/s1. The van der Waals surface area contributed by atoms with Crippen LogP contribution in [0.1, 0.15) is 13.8 Å². The third kappa shape index (κ3) is 13.9. The Hall–Kier alpha value is -2.38. The van der Waals surface area contributed by atoms with Crippen LogP contribution in [0.15, 0.2) is 0 Å². The second-order valence-electron chi connectivity index (χ2n) is 20.9. The Morgan fingerprint density at radius 2 is 0.398 bits per heavy atom. The summed E-state index contributed by atoms with van der Waals surface area (Å²) in [4.78, 5) is 24.2. The van der Waals surface area contributed by atoms with Crippen LogP contribution in [0.3, 0.4) is 0 Å². The Balaban J connectivity index is 1.11. The number of aliphatic hydroxyl groups is 19. The molecule has 0 aromatic heterocycles. The summed E-state index contributed by atoms with van der Waals surface area (Å²) in [6.45, 7) is -5.07. The molecule has 21 heterocycles. The molecule has 21 saturated heterocycles. The van der Waals surface area contributed by atoms with Crippen molar-refractivity contribution in [1.82, 2.24) is 0 Å². The molecule has 0 radical (unpaired) electrons. The summed E-state index contributed by atoms with van der Waals surface area (Å²) in [5.74, 6) is -1.86. The van der Waals surface area contributed by atoms with E-state index in [1.165, 1.54) is 0 Å². The van der Waals surface area contributed by atoms with Crippen LogP contribution in [0.4, 0.5) is 0 Å². The zero-order valence-electron chi connectivity index (χ0n) is 44.0. The Kier molecular flexibility index (Phi) is 22.8. The number of carbonyl (C=O) groups is 2. The molecule has 14 bridgehead atoms. The lowest BCUT2D eigenvalue weighted by Crippen LogP contribution is -2.68. The van der Waals surface area contributed by atoms with Crippen LogP contribution in [0.25, 0.3) is 0 Å². The van der Waals surface area contributed by atoms with Crippen molar-refractivity contribution >= 4 is 11.9 Å². The predicted octanol–water partition coefficient (Wildman–Crippen LogP) is -14.1. The van der Waals surface area contributed by atoms with Gasteiger partial charge in [0, 0.05) is 13.8 Å². The molecule has 0 aromatic carbocycles. The van der Waals surface area contributed by atoms with E-state index in [1.54, 1.807) is 0 Å². The predicted molar refractivity (Wildman–Crippen MR) is 248 cm³/mol. The highest BCUT2D eigenvalue weighted by molar-refractivity contribution is 5.66. The van der Waals surface area contributed by atoms with Crippen molar-refractivity contribution in [2.75, 3.05) is 46.2 Å². The molecule has 7 unspecified atom stereocenters. The minimum Gasteiger partial charge on any atom is -0.463 e. The maximum atomic E-state index is 12.1. The van der Waals surface area contributed by atoms with Gasteiger partial charge in [-0.2, -0.15) is 0 Å². The SMILES string of the molecule is CC(=O)OC[C@H]1OC2O[C@H]3[C@H](O)[C@@H](O)C(O[C@H]4[C@H](O)[C@@H](O)C(O[C@H]5[C@H](O)[C@@H](O)C(O[C@H]6[C@H](O)[C@@H](O)C(O[C@H]7[C@H](O)[C@@H](O)C(O[C@H]8[C@H](O)[C@@H](O)C(O[C@H]1[C@H](O)[C@H]2O)O[C@@H]8CO)O[C@@H]7CO)O[C@@H]6CO)O[C@@H]5CO)O[C@@H]4CO)O[C@@H]3COC(C)=O. The summed E-state index contributed by atoms with van der Waals surface area (Å²) in [6, 6.07) is 0. The number of rotatable bonds is 9. The second kappa shape index (κ2) is 28.4. The van der Waals surface area contributed by atoms with Crippen molar-refractivity contribution in [2.45, 2.75) is 229 Å². The molecule has 21 aliphatic heterocycles. The first-order valence-corrected chi connectivity index (χ1v) is 26.4. The van der Waals surface area contributed by atoms with Crippen LogP contribution in [-0.2, 0) is 85.4 Å². The first-order valence-electron chi connectivity index (χ1n) is 26.4. The van der Waals surface area contributed by atoms with Crippen molar-refractivity contribution in [2.24, 2.45) is 0 Å². The fraction of sp³-hybridized carbons (Fsp3) is 0.957. The van der Waals surface area contributed by atoms with Gasteiger partial charge in [0.1, 0.15) is 184 Å². The van der Waals surface area contributed by atoms with Crippen molar-refractivity contribution < 1.29 is 182 Å². The number of esters is 2. The zero-order chi connectivity index (χ0) is 60.6. The van der Waals surface area contributed by atoms with Gasteiger partial charge in [0.15, 0.2) is 44.0 Å². The molecule has 35 atom stereocenters. The van der Waals surface area contributed by atoms with Gasteiger partial charge in [-0.1, -0.05) is 0 Å². The fourth-order valence-electron chi connectivity index (χ4n) is 10.8. The summed E-state index contributed by atoms with van der Waals surface area (Å²) in [5.41, 5.74) is 0. The molecule has 21 fully saturated rings. The van der Waals surface area contributed by atoms with E-state index < -0.39 is 273 Å². The van der Waals surface area contributed by atoms with Gasteiger partial charge in [0.25, 0.3) is 0 Å². The molecular formula is C46H74O37. The van der Waals surface area contributed by atoms with Gasteiger partial charge in [-0.3, -0.25) is 9.59 Å². The van der Waals surface area contributed by atoms with Gasteiger partial charge in [-0.05, 0) is 0 Å². The van der Waals surface area contributed by atoms with E-state index in [4.69, 9.17) is 75.8 Å². The Bertz CT molecular complexity index is 2040. The average Bonchev–Trinajstić information content (AvgIpc) is 3.60. The second-order valence-corrected chi connectivity index (χ2v) is 20.9. The smallest absolute Gasteiger partial charge is 0.302 e. The van der Waals surface area contributed by atoms with Gasteiger partial charge in [-0.15, -0.1) is 0 Å². The Morgan fingerprint density at radius 1 is 0.253 bits per heavy atom. The van der Waals surface area contributed by atoms with Crippen LogP contribution in [0, 0.1) is 0 Å². The molecule has 480 valence electrons. The minimum atomic E-state index is -2.28. The third-order valence-electron chi connectivity index (χ3n) is 15.3. The van der Waals surface area contributed by atoms with Crippen LogP contribution in [-0.4, -0.2) is 370 Å². The van der Waals surface area contributed by atoms with Crippen LogP contribution < -0.4 is 0 Å². The molecule has 21 aliphatic rings. The molecule has 21 rings (SSSR count). The zero-order valence-corrected chi connectivity index (χ0v) is 44.0. The molecule has 0 aliphatic carbocycles. The van der Waals surface area contributed by atoms with Crippen molar-refractivity contribution in [3.8, 4) is 0 Å². The van der Waals surface area contributed by atoms with E-state index >= 15 is 0 Å². The van der Waals surface area contributed by atoms with Crippen molar-refractivity contribution in [3.05, 3.63) is 0 Å². The number of ether oxygens (including phenoxy) is 16. The highest BCUT2D eigenvalue weighted by Crippen LogP contribution is 2.39. The van der Waals surface area contributed by atoms with Crippen LogP contribution in [0.2, 0.25) is 0 Å². The van der Waals surface area contributed by atoms with E-state index in [2.05, 4.69) is 0 Å². The molecular weight excluding hydrogens is 1140 g/mol. The molecule has 83 heavy (non-hydrogen) atoms. The molecule has 0 amide bonds. The van der Waals surface area contributed by atoms with E-state index in [0.29, 0.717) is 0 Å². The number of carbonyl (C=O) groups excluding carboxylic acids is 2. The maximum absolute atomic E-state index is 12.1. The quantitative estimate of drug-likeness (QED) is 0.0953. The number of hydrogen-bond acceptors (Lipinski definition) is 37. The fourth-order valence-corrected chi connectivity index (χ4v) is 10.8. The Morgan fingerprint density at radius 3 is 0.542 bits per heavy atom. The summed E-state index contributed by atoms with van der Waals surface area (Å²) >= 11 is 0. The monoisotopic (exact) mass is 1220 g/mol. The molecule has 0 saturated carbocycles. The van der Waals surface area contributed by atoms with Gasteiger partial charge >= 0.3 is 11.9 Å². The minimum absolute atomic E-state index is 0.836. The highest BCUT2D eigenvalue weighted by atomic mass is 16.8. The molecule has 37 heteroatoms. The lowest BCUT2D eigenvalue weighted by atomic mass is 9.95. The molecule has 19 N–H and O–H groups in total. The third-order valence-corrected chi connectivity index (χ3v) is 15.3. The van der Waals surface area contributed by atoms with E-state index in [-0.39, 0.29) is 0 Å². The van der Waals surface area contributed by atoms with E-state index in [9.17, 15) is 107 Å². The van der Waals surface area contributed by atoms with Crippen LogP contribution in [0.5, 0.6) is 0 Å². The first kappa shape index (κ1) is 66.6. The highest BCUT2D eigenvalue weighted by Gasteiger charge is 2.60. The topological polar surface area (TPSA) is 566 Å². The summed E-state index contributed by atoms with van der Waals surface area (Å²) in [7, 11) is 0. The molecule has 0 aromatic rings. The summed E-state index contributed by atoms with van der Waals surface area (Å²) in [5, 5.41) is 212. The van der Waals surface area contributed by atoms with Crippen LogP contribution >= 0.6 is 0 Å².